The van der Waals surface area contributed by atoms with Crippen molar-refractivity contribution in [1.29, 1.82) is 0 Å². The highest BCUT2D eigenvalue weighted by Gasteiger charge is 2.25. The van der Waals surface area contributed by atoms with Crippen molar-refractivity contribution in [2.45, 2.75) is 32.2 Å². The zero-order valence-corrected chi connectivity index (χ0v) is 14.9. The van der Waals surface area contributed by atoms with Gasteiger partial charge >= 0.3 is 0 Å². The van der Waals surface area contributed by atoms with E-state index in [1.165, 1.54) is 15.8 Å². The van der Waals surface area contributed by atoms with Crippen LogP contribution in [0.15, 0.2) is 39.5 Å². The highest BCUT2D eigenvalue weighted by atomic mass is 32.1. The summed E-state index contributed by atoms with van der Waals surface area (Å²) in [6, 6.07) is 9.53. The highest BCUT2D eigenvalue weighted by Crippen LogP contribution is 2.33. The van der Waals surface area contributed by atoms with Crippen LogP contribution in [0.4, 0.5) is 0 Å². The molecule has 4 rings (SSSR count). The third-order valence-electron chi connectivity index (χ3n) is 4.65. The summed E-state index contributed by atoms with van der Waals surface area (Å²) < 4.78 is 6.80. The molecule has 2 aromatic heterocycles. The summed E-state index contributed by atoms with van der Waals surface area (Å²) in [6.45, 7) is 3.96. The lowest BCUT2D eigenvalue weighted by molar-refractivity contribution is 0.180. The number of aromatic nitrogens is 1. The van der Waals surface area contributed by atoms with E-state index in [2.05, 4.69) is 17.0 Å². The Morgan fingerprint density at radius 3 is 3.08 bits per heavy atom. The van der Waals surface area contributed by atoms with Gasteiger partial charge in [0, 0.05) is 18.5 Å². The van der Waals surface area contributed by atoms with Crippen LogP contribution in [0.2, 0.25) is 0 Å². The summed E-state index contributed by atoms with van der Waals surface area (Å²) in [5.41, 5.74) is 0.681. The van der Waals surface area contributed by atoms with Crippen LogP contribution >= 0.6 is 11.3 Å². The van der Waals surface area contributed by atoms with Crippen LogP contribution in [0.5, 0.6) is 5.75 Å². The number of nitrogens with zero attached hydrogens (tertiary/aromatic N) is 2. The molecule has 1 fully saturated rings. The minimum atomic E-state index is -0.376. The minimum Gasteiger partial charge on any atom is -0.502 e. The van der Waals surface area contributed by atoms with Crippen LogP contribution in [0.25, 0.3) is 10.2 Å². The fraction of sp³-hybridized carbons (Fsp3) is 0.368. The molecular weight excluding hydrogens is 336 g/mol. The second-order valence-electron chi connectivity index (χ2n) is 6.59. The molecule has 6 heteroatoms. The molecule has 25 heavy (non-hydrogen) atoms. The summed E-state index contributed by atoms with van der Waals surface area (Å²) in [6.07, 6.45) is 2.18. The van der Waals surface area contributed by atoms with E-state index in [1.807, 2.05) is 12.1 Å². The van der Waals surface area contributed by atoms with Gasteiger partial charge in [0.15, 0.2) is 5.76 Å². The van der Waals surface area contributed by atoms with E-state index in [9.17, 15) is 9.90 Å². The molecule has 3 heterocycles. The van der Waals surface area contributed by atoms with Gasteiger partial charge in [0.1, 0.15) is 5.76 Å². The Morgan fingerprint density at radius 2 is 2.24 bits per heavy atom. The third-order valence-corrected chi connectivity index (χ3v) is 5.85. The van der Waals surface area contributed by atoms with Crippen molar-refractivity contribution in [2.75, 3.05) is 13.1 Å². The Hall–Kier alpha value is -2.18. The summed E-state index contributed by atoms with van der Waals surface area (Å²) in [5, 5.41) is 11.2. The van der Waals surface area contributed by atoms with Gasteiger partial charge in [0.2, 0.25) is 11.2 Å². The van der Waals surface area contributed by atoms with Gasteiger partial charge in [-0.3, -0.25) is 9.69 Å². The zero-order valence-electron chi connectivity index (χ0n) is 14.1. The Bertz CT molecular complexity index is 930. The Morgan fingerprint density at radius 1 is 1.40 bits per heavy atom. The van der Waals surface area contributed by atoms with Crippen LogP contribution < -0.4 is 5.43 Å². The average molecular weight is 356 g/mol. The number of hydrogen-bond donors (Lipinski definition) is 1. The van der Waals surface area contributed by atoms with Gasteiger partial charge < -0.3 is 9.52 Å². The lowest BCUT2D eigenvalue weighted by Crippen LogP contribution is -2.34. The maximum atomic E-state index is 11.8. The van der Waals surface area contributed by atoms with Crippen LogP contribution in [0, 0.1) is 6.92 Å². The van der Waals surface area contributed by atoms with Crippen molar-refractivity contribution < 1.29 is 9.52 Å². The Balaban J connectivity index is 1.54. The molecule has 0 bridgehead atoms. The molecule has 1 saturated heterocycles. The Labute approximate surface area is 149 Å². The van der Waals surface area contributed by atoms with Crippen molar-refractivity contribution >= 4 is 21.6 Å². The molecule has 3 aromatic rings. The van der Waals surface area contributed by atoms with Crippen molar-refractivity contribution in [1.82, 2.24) is 9.88 Å². The monoisotopic (exact) mass is 356 g/mol. The van der Waals surface area contributed by atoms with Gasteiger partial charge in [-0.05, 0) is 38.4 Å². The van der Waals surface area contributed by atoms with E-state index < -0.39 is 0 Å². The largest absolute Gasteiger partial charge is 0.502 e. The number of hydrogen-bond acceptors (Lipinski definition) is 6. The van der Waals surface area contributed by atoms with Crippen LogP contribution in [-0.4, -0.2) is 28.1 Å². The van der Waals surface area contributed by atoms with Gasteiger partial charge in [0.05, 0.1) is 21.8 Å². The molecule has 1 aliphatic heterocycles. The van der Waals surface area contributed by atoms with E-state index in [1.54, 1.807) is 18.3 Å². The lowest BCUT2D eigenvalue weighted by atomic mass is 9.98. The highest BCUT2D eigenvalue weighted by molar-refractivity contribution is 7.18. The number of benzene rings is 1. The maximum Gasteiger partial charge on any atom is 0.227 e. The molecule has 0 aliphatic carbocycles. The summed E-state index contributed by atoms with van der Waals surface area (Å²) >= 11 is 1.76. The third kappa shape index (κ3) is 3.32. The molecule has 1 atom stereocenters. The quantitative estimate of drug-likeness (QED) is 0.776. The lowest BCUT2D eigenvalue weighted by Gasteiger charge is -2.31. The van der Waals surface area contributed by atoms with Crippen LogP contribution in [0.3, 0.4) is 0 Å². The number of likely N-dealkylation sites (tertiary alicyclic amines) is 1. The van der Waals surface area contributed by atoms with Gasteiger partial charge in [0.25, 0.3) is 0 Å². The van der Waals surface area contributed by atoms with Gasteiger partial charge in [-0.15, -0.1) is 11.3 Å². The summed E-state index contributed by atoms with van der Waals surface area (Å²) in [4.78, 5) is 18.8. The van der Waals surface area contributed by atoms with Gasteiger partial charge in [-0.25, -0.2) is 4.98 Å². The average Bonchev–Trinajstić information content (AvgIpc) is 3.04. The summed E-state index contributed by atoms with van der Waals surface area (Å²) in [7, 11) is 0. The fourth-order valence-corrected chi connectivity index (χ4v) is 4.53. The predicted molar refractivity (Wildman–Crippen MR) is 98.3 cm³/mol. The van der Waals surface area contributed by atoms with E-state index >= 15 is 0 Å². The number of fused-ring (bicyclic) bond motifs is 1. The molecule has 0 spiro atoms. The molecule has 0 unspecified atom stereocenters. The van der Waals surface area contributed by atoms with E-state index in [0.717, 1.165) is 31.4 Å². The van der Waals surface area contributed by atoms with Crippen molar-refractivity contribution in [3.8, 4) is 5.75 Å². The number of thiazole rings is 1. The molecule has 130 valence electrons. The second kappa shape index (κ2) is 6.61. The van der Waals surface area contributed by atoms with Crippen molar-refractivity contribution in [3.63, 3.8) is 0 Å². The van der Waals surface area contributed by atoms with Crippen LogP contribution in [0.1, 0.15) is 35.3 Å². The first kappa shape index (κ1) is 16.3. The van der Waals surface area contributed by atoms with Crippen molar-refractivity contribution in [2.24, 2.45) is 0 Å². The van der Waals surface area contributed by atoms with Gasteiger partial charge in [-0.1, -0.05) is 12.1 Å². The zero-order chi connectivity index (χ0) is 17.4. The smallest absolute Gasteiger partial charge is 0.227 e. The fourth-order valence-electron chi connectivity index (χ4n) is 3.44. The number of rotatable bonds is 3. The SMILES string of the molecule is Cc1cc(=O)c(O)c(CN2CCC[C@H](c3nc4ccccc4s3)C2)o1. The number of para-hydroxylation sites is 1. The first-order chi connectivity index (χ1) is 12.1. The maximum absolute atomic E-state index is 11.8. The minimum absolute atomic E-state index is 0.271. The predicted octanol–water partition coefficient (Wildman–Crippen LogP) is 3.64. The topological polar surface area (TPSA) is 66.6 Å². The molecule has 0 radical (unpaired) electrons. The molecule has 1 aliphatic rings. The normalized spacial score (nSPS) is 18.7. The first-order valence-corrected chi connectivity index (χ1v) is 9.32. The standard InChI is InChI=1S/C19H20N2O3S/c1-12-9-15(22)18(23)16(24-12)11-21-8-4-5-13(10-21)19-20-14-6-2-3-7-17(14)25-19/h2-3,6-7,9,13,23H,4-5,8,10-11H2,1H3/t13-/m0/s1. The van der Waals surface area contributed by atoms with E-state index in [4.69, 9.17) is 9.40 Å². The number of aromatic hydroxyl groups is 1. The molecule has 0 amide bonds. The molecule has 1 N–H and O–H groups in total. The molecule has 0 saturated carbocycles. The number of aryl methyl sites for hydroxylation is 1. The van der Waals surface area contributed by atoms with E-state index in [0.29, 0.717) is 24.0 Å². The first-order valence-electron chi connectivity index (χ1n) is 8.50. The Kier molecular flexibility index (Phi) is 4.31. The molecular formula is C19H20N2O3S. The van der Waals surface area contributed by atoms with Gasteiger partial charge in [-0.2, -0.15) is 0 Å². The second-order valence-corrected chi connectivity index (χ2v) is 7.65. The number of piperidine rings is 1. The molecule has 1 aromatic carbocycles. The van der Waals surface area contributed by atoms with Crippen LogP contribution in [-0.2, 0) is 6.54 Å². The van der Waals surface area contributed by atoms with Crippen molar-refractivity contribution in [3.05, 3.63) is 57.1 Å². The summed E-state index contributed by atoms with van der Waals surface area (Å²) in [5.74, 6) is 0.991. The van der Waals surface area contributed by atoms with E-state index in [-0.39, 0.29) is 11.2 Å². The molecule has 5 nitrogen and oxygen atoms in total.